The highest BCUT2D eigenvalue weighted by Gasteiger charge is 2.44. The average Bonchev–Trinajstić information content (AvgIpc) is 1.98. The fourth-order valence-electron chi connectivity index (χ4n) is 0.875. The molecular weight excluding hydrogens is 185 g/mol. The molecular formula is C8H11F3O2. The van der Waals surface area contributed by atoms with Gasteiger partial charge in [0.2, 0.25) is 5.78 Å². The normalized spacial score (nSPS) is 14.4. The van der Waals surface area contributed by atoms with Crippen LogP contribution in [0.25, 0.3) is 0 Å². The number of ketones is 2. The minimum atomic E-state index is -4.91. The molecule has 0 spiro atoms. The summed E-state index contributed by atoms with van der Waals surface area (Å²) in [6.07, 6.45) is -4.91. The van der Waals surface area contributed by atoms with Crippen molar-refractivity contribution in [3.63, 3.8) is 0 Å². The third kappa shape index (κ3) is 3.16. The Balaban J connectivity index is 4.54. The Morgan fingerprint density at radius 2 is 1.46 bits per heavy atom. The van der Waals surface area contributed by atoms with Gasteiger partial charge in [-0.2, -0.15) is 13.2 Å². The number of rotatable bonds is 3. The van der Waals surface area contributed by atoms with Crippen molar-refractivity contribution in [3.05, 3.63) is 0 Å². The summed E-state index contributed by atoms with van der Waals surface area (Å²) in [5.74, 6) is -4.78. The van der Waals surface area contributed by atoms with Crippen molar-refractivity contribution >= 4 is 11.6 Å². The molecule has 0 saturated heterocycles. The van der Waals surface area contributed by atoms with E-state index in [9.17, 15) is 22.8 Å². The summed E-state index contributed by atoms with van der Waals surface area (Å²) in [4.78, 5) is 21.6. The second kappa shape index (κ2) is 3.89. The first-order chi connectivity index (χ1) is 5.68. The smallest absolute Gasteiger partial charge is 0.299 e. The maximum atomic E-state index is 11.8. The zero-order valence-electron chi connectivity index (χ0n) is 7.61. The van der Waals surface area contributed by atoms with Gasteiger partial charge in [0.25, 0.3) is 0 Å². The van der Waals surface area contributed by atoms with Gasteiger partial charge in [0.15, 0.2) is 0 Å². The first kappa shape index (κ1) is 12.1. The first-order valence-electron chi connectivity index (χ1n) is 3.82. The molecule has 0 aromatic heterocycles. The van der Waals surface area contributed by atoms with Crippen molar-refractivity contribution in [2.75, 3.05) is 0 Å². The zero-order chi connectivity index (χ0) is 10.8. The molecule has 0 aliphatic carbocycles. The van der Waals surface area contributed by atoms with Crippen LogP contribution in [0.5, 0.6) is 0 Å². The molecule has 0 N–H and O–H groups in total. The van der Waals surface area contributed by atoms with E-state index in [0.717, 1.165) is 6.92 Å². The first-order valence-corrected chi connectivity index (χ1v) is 3.82. The Morgan fingerprint density at radius 1 is 1.08 bits per heavy atom. The molecule has 0 bridgehead atoms. The standard InChI is InChI=1S/C8H11F3O2/c1-4(2)6(12)5(3)7(13)8(9,10)11/h4-5H,1-3H3. The number of carbonyl (C=O) groups excluding carboxylic acids is 2. The predicted molar refractivity (Wildman–Crippen MR) is 40.1 cm³/mol. The second-order valence-electron chi connectivity index (χ2n) is 3.14. The van der Waals surface area contributed by atoms with Gasteiger partial charge >= 0.3 is 6.18 Å². The van der Waals surface area contributed by atoms with Crippen LogP contribution < -0.4 is 0 Å². The Bertz CT molecular complexity index is 218. The average molecular weight is 196 g/mol. The number of carbonyl (C=O) groups is 2. The van der Waals surface area contributed by atoms with Crippen LogP contribution in [0.3, 0.4) is 0 Å². The predicted octanol–water partition coefficient (Wildman–Crippen LogP) is 1.98. The SMILES string of the molecule is CC(C)C(=O)C(C)C(=O)C(F)(F)F. The summed E-state index contributed by atoms with van der Waals surface area (Å²) in [6, 6.07) is 0. The number of hydrogen-bond acceptors (Lipinski definition) is 2. The molecule has 0 aromatic rings. The Kier molecular flexibility index (Phi) is 3.63. The molecule has 2 nitrogen and oxygen atoms in total. The van der Waals surface area contributed by atoms with Gasteiger partial charge in [-0.1, -0.05) is 13.8 Å². The van der Waals surface area contributed by atoms with Crippen molar-refractivity contribution < 1.29 is 22.8 Å². The van der Waals surface area contributed by atoms with E-state index < -0.39 is 29.6 Å². The maximum absolute atomic E-state index is 11.8. The quantitative estimate of drug-likeness (QED) is 0.647. The summed E-state index contributed by atoms with van der Waals surface area (Å²) in [5.41, 5.74) is 0. The lowest BCUT2D eigenvalue weighted by atomic mass is 9.93. The molecule has 5 heteroatoms. The van der Waals surface area contributed by atoms with Crippen LogP contribution in [0.1, 0.15) is 20.8 Å². The molecule has 0 aliphatic heterocycles. The van der Waals surface area contributed by atoms with Crippen LogP contribution in [0.2, 0.25) is 0 Å². The van der Waals surface area contributed by atoms with E-state index in [0.29, 0.717) is 0 Å². The highest BCUT2D eigenvalue weighted by molar-refractivity contribution is 6.04. The summed E-state index contributed by atoms with van der Waals surface area (Å²) >= 11 is 0. The van der Waals surface area contributed by atoms with E-state index in [4.69, 9.17) is 0 Å². The molecule has 76 valence electrons. The van der Waals surface area contributed by atoms with Crippen LogP contribution in [0, 0.1) is 11.8 Å². The van der Waals surface area contributed by atoms with Gasteiger partial charge in [0, 0.05) is 5.92 Å². The van der Waals surface area contributed by atoms with Gasteiger partial charge in [-0.25, -0.2) is 0 Å². The van der Waals surface area contributed by atoms with E-state index >= 15 is 0 Å². The van der Waals surface area contributed by atoms with Gasteiger partial charge in [0.05, 0.1) is 5.92 Å². The highest BCUT2D eigenvalue weighted by Crippen LogP contribution is 2.22. The largest absolute Gasteiger partial charge is 0.450 e. The van der Waals surface area contributed by atoms with E-state index in [2.05, 4.69) is 0 Å². The second-order valence-corrected chi connectivity index (χ2v) is 3.14. The van der Waals surface area contributed by atoms with E-state index in [1.807, 2.05) is 0 Å². The Morgan fingerprint density at radius 3 is 1.69 bits per heavy atom. The highest BCUT2D eigenvalue weighted by atomic mass is 19.4. The third-order valence-electron chi connectivity index (χ3n) is 1.67. The molecule has 0 aromatic carbocycles. The topological polar surface area (TPSA) is 34.1 Å². The van der Waals surface area contributed by atoms with Crippen molar-refractivity contribution in [2.45, 2.75) is 26.9 Å². The molecule has 1 unspecified atom stereocenters. The van der Waals surface area contributed by atoms with E-state index in [1.54, 1.807) is 0 Å². The molecule has 13 heavy (non-hydrogen) atoms. The van der Waals surface area contributed by atoms with Gasteiger partial charge < -0.3 is 0 Å². The summed E-state index contributed by atoms with van der Waals surface area (Å²) in [6.45, 7) is 3.91. The number of alkyl halides is 3. The molecule has 0 rings (SSSR count). The summed E-state index contributed by atoms with van der Waals surface area (Å²) in [7, 11) is 0. The van der Waals surface area contributed by atoms with E-state index in [1.165, 1.54) is 13.8 Å². The summed E-state index contributed by atoms with van der Waals surface area (Å²) < 4.78 is 35.5. The molecule has 1 atom stereocenters. The number of halogens is 3. The van der Waals surface area contributed by atoms with Gasteiger partial charge in [0.1, 0.15) is 5.78 Å². The Hall–Kier alpha value is -0.870. The summed E-state index contributed by atoms with van der Waals surface area (Å²) in [5, 5.41) is 0. The Labute approximate surface area is 74.1 Å². The van der Waals surface area contributed by atoms with Crippen LogP contribution in [-0.4, -0.2) is 17.7 Å². The molecule has 0 radical (unpaired) electrons. The van der Waals surface area contributed by atoms with Crippen molar-refractivity contribution in [2.24, 2.45) is 11.8 Å². The fourth-order valence-corrected chi connectivity index (χ4v) is 0.875. The lowest BCUT2D eigenvalue weighted by Gasteiger charge is -2.13. The minimum Gasteiger partial charge on any atom is -0.299 e. The van der Waals surface area contributed by atoms with Crippen LogP contribution in [0.4, 0.5) is 13.2 Å². The van der Waals surface area contributed by atoms with Gasteiger partial charge in [-0.3, -0.25) is 9.59 Å². The molecule has 0 saturated carbocycles. The van der Waals surface area contributed by atoms with Crippen LogP contribution in [0.15, 0.2) is 0 Å². The molecule has 0 aliphatic rings. The monoisotopic (exact) mass is 196 g/mol. The lowest BCUT2D eigenvalue weighted by molar-refractivity contribution is -0.176. The molecule has 0 amide bonds. The maximum Gasteiger partial charge on any atom is 0.450 e. The fraction of sp³-hybridized carbons (Fsp3) is 0.750. The molecule has 0 heterocycles. The van der Waals surface area contributed by atoms with Gasteiger partial charge in [-0.05, 0) is 6.92 Å². The third-order valence-corrected chi connectivity index (χ3v) is 1.67. The van der Waals surface area contributed by atoms with E-state index in [-0.39, 0.29) is 0 Å². The lowest BCUT2D eigenvalue weighted by Crippen LogP contribution is -2.35. The number of Topliss-reactive ketones (excluding diaryl/α,β-unsaturated/α-hetero) is 2. The number of hydrogen-bond donors (Lipinski definition) is 0. The minimum absolute atomic E-state index is 0.554. The zero-order valence-corrected chi connectivity index (χ0v) is 7.61. The van der Waals surface area contributed by atoms with Crippen molar-refractivity contribution in [3.8, 4) is 0 Å². The van der Waals surface area contributed by atoms with Crippen molar-refractivity contribution in [1.29, 1.82) is 0 Å². The van der Waals surface area contributed by atoms with Crippen molar-refractivity contribution in [1.82, 2.24) is 0 Å². The van der Waals surface area contributed by atoms with Crippen LogP contribution >= 0.6 is 0 Å². The van der Waals surface area contributed by atoms with Crippen LogP contribution in [-0.2, 0) is 9.59 Å². The molecule has 0 fully saturated rings. The van der Waals surface area contributed by atoms with Gasteiger partial charge in [-0.15, -0.1) is 0 Å².